The van der Waals surface area contributed by atoms with Crippen LogP contribution in [0.3, 0.4) is 0 Å². The predicted octanol–water partition coefficient (Wildman–Crippen LogP) is 3.67. The lowest BCUT2D eigenvalue weighted by Gasteiger charge is -2.16. The summed E-state index contributed by atoms with van der Waals surface area (Å²) in [5, 5.41) is 4.02. The molecule has 0 bridgehead atoms. The molecule has 0 radical (unpaired) electrons. The molecule has 5 heteroatoms. The van der Waals surface area contributed by atoms with Crippen molar-refractivity contribution in [1.82, 2.24) is 15.0 Å². The van der Waals surface area contributed by atoms with E-state index in [-0.39, 0.29) is 5.91 Å². The molecule has 3 aromatic rings. The van der Waals surface area contributed by atoms with E-state index in [1.165, 1.54) is 0 Å². The summed E-state index contributed by atoms with van der Waals surface area (Å²) >= 11 is 0. The molecule has 0 saturated heterocycles. The number of likely N-dealkylation sites (N-methyl/N-ethyl adjacent to an activating group) is 1. The van der Waals surface area contributed by atoms with Gasteiger partial charge in [-0.25, -0.2) is 0 Å². The third kappa shape index (κ3) is 4.12. The normalized spacial score (nSPS) is 10.7. The topological polar surface area (TPSA) is 59.2 Å². The van der Waals surface area contributed by atoms with Crippen molar-refractivity contribution in [2.24, 2.45) is 0 Å². The molecule has 0 aliphatic heterocycles. The maximum absolute atomic E-state index is 12.4. The van der Waals surface area contributed by atoms with Crippen LogP contribution in [0.1, 0.15) is 27.3 Å². The fourth-order valence-electron chi connectivity index (χ4n) is 2.62. The van der Waals surface area contributed by atoms with Crippen molar-refractivity contribution in [3.63, 3.8) is 0 Å². The molecule has 128 valence electrons. The second kappa shape index (κ2) is 7.30. The minimum absolute atomic E-state index is 0.00824. The number of rotatable bonds is 5. The van der Waals surface area contributed by atoms with E-state index in [0.717, 1.165) is 16.7 Å². The van der Waals surface area contributed by atoms with Crippen LogP contribution in [-0.4, -0.2) is 34.5 Å². The zero-order chi connectivity index (χ0) is 17.8. The maximum atomic E-state index is 12.4. The Bertz CT molecular complexity index is 886. The van der Waals surface area contributed by atoms with Crippen LogP contribution in [0, 0.1) is 13.8 Å². The summed E-state index contributed by atoms with van der Waals surface area (Å²) in [7, 11) is 1.78. The number of nitrogens with zero attached hydrogens (tertiary/aromatic N) is 3. The monoisotopic (exact) mass is 335 g/mol. The van der Waals surface area contributed by atoms with E-state index >= 15 is 0 Å². The Kier molecular flexibility index (Phi) is 4.93. The van der Waals surface area contributed by atoms with Crippen LogP contribution in [0.5, 0.6) is 0 Å². The number of hydrogen-bond acceptors (Lipinski definition) is 4. The first-order chi connectivity index (χ1) is 12.0. The van der Waals surface area contributed by atoms with Crippen molar-refractivity contribution >= 4 is 5.91 Å². The number of amides is 1. The van der Waals surface area contributed by atoms with E-state index in [0.29, 0.717) is 30.2 Å². The van der Waals surface area contributed by atoms with Gasteiger partial charge in [0.1, 0.15) is 0 Å². The van der Waals surface area contributed by atoms with Crippen molar-refractivity contribution < 1.29 is 9.32 Å². The number of hydrogen-bond donors (Lipinski definition) is 0. The average molecular weight is 335 g/mol. The van der Waals surface area contributed by atoms with Gasteiger partial charge in [-0.15, -0.1) is 0 Å². The molecule has 0 atom stereocenters. The van der Waals surface area contributed by atoms with Gasteiger partial charge in [-0.1, -0.05) is 40.5 Å². The molecule has 0 fully saturated rings. The Balaban J connectivity index is 1.63. The van der Waals surface area contributed by atoms with Crippen LogP contribution >= 0.6 is 0 Å². The summed E-state index contributed by atoms with van der Waals surface area (Å²) in [5.74, 6) is 1.10. The molecule has 0 N–H and O–H groups in total. The largest absolute Gasteiger partial charge is 0.341 e. The van der Waals surface area contributed by atoms with Crippen LogP contribution in [0.15, 0.2) is 53.1 Å². The first kappa shape index (κ1) is 16.9. The number of aromatic nitrogens is 2. The number of carbonyl (C=O) groups excluding carboxylic acids is 1. The maximum Gasteiger partial charge on any atom is 0.257 e. The highest BCUT2D eigenvalue weighted by molar-refractivity contribution is 5.94. The molecule has 0 saturated carbocycles. The zero-order valence-corrected chi connectivity index (χ0v) is 14.7. The highest BCUT2D eigenvalue weighted by Crippen LogP contribution is 2.18. The summed E-state index contributed by atoms with van der Waals surface area (Å²) < 4.78 is 5.33. The van der Waals surface area contributed by atoms with Crippen LogP contribution in [0.4, 0.5) is 0 Å². The summed E-state index contributed by atoms with van der Waals surface area (Å²) in [6, 6.07) is 15.5. The lowest BCUT2D eigenvalue weighted by Crippen LogP contribution is -2.29. The average Bonchev–Trinajstić information content (AvgIpc) is 3.08. The van der Waals surface area contributed by atoms with Crippen LogP contribution in [0.2, 0.25) is 0 Å². The minimum Gasteiger partial charge on any atom is -0.341 e. The Morgan fingerprint density at radius 1 is 1.08 bits per heavy atom. The molecule has 1 aromatic heterocycles. The summed E-state index contributed by atoms with van der Waals surface area (Å²) in [4.78, 5) is 18.5. The van der Waals surface area contributed by atoms with Crippen molar-refractivity contribution in [3.8, 4) is 11.5 Å². The van der Waals surface area contributed by atoms with E-state index in [4.69, 9.17) is 4.52 Å². The molecule has 25 heavy (non-hydrogen) atoms. The van der Waals surface area contributed by atoms with E-state index in [1.54, 1.807) is 11.9 Å². The standard InChI is InChI=1S/C20H21N3O2/c1-14-6-4-8-16(12-14)19-21-18(22-25-19)10-11-23(3)20(24)17-9-5-7-15(2)13-17/h4-9,12-13H,10-11H2,1-3H3. The third-order valence-corrected chi connectivity index (χ3v) is 4.02. The minimum atomic E-state index is -0.00824. The molecule has 0 aliphatic carbocycles. The van der Waals surface area contributed by atoms with Crippen LogP contribution in [-0.2, 0) is 6.42 Å². The lowest BCUT2D eigenvalue weighted by molar-refractivity contribution is 0.0795. The van der Waals surface area contributed by atoms with Gasteiger partial charge in [-0.2, -0.15) is 4.98 Å². The number of aryl methyl sites for hydroxylation is 2. The SMILES string of the molecule is Cc1cccc(C(=O)N(C)CCc2noc(-c3cccc(C)c3)n2)c1. The quantitative estimate of drug-likeness (QED) is 0.714. The Morgan fingerprint density at radius 3 is 2.52 bits per heavy atom. The fraction of sp³-hybridized carbons (Fsp3) is 0.250. The molecule has 0 unspecified atom stereocenters. The van der Waals surface area contributed by atoms with Gasteiger partial charge in [-0.3, -0.25) is 4.79 Å². The molecule has 5 nitrogen and oxygen atoms in total. The van der Waals surface area contributed by atoms with Crippen molar-refractivity contribution in [1.29, 1.82) is 0 Å². The van der Waals surface area contributed by atoms with Gasteiger partial charge in [0.05, 0.1) is 0 Å². The second-order valence-corrected chi connectivity index (χ2v) is 6.23. The summed E-state index contributed by atoms with van der Waals surface area (Å²) in [6.07, 6.45) is 0.545. The van der Waals surface area contributed by atoms with E-state index < -0.39 is 0 Å². The van der Waals surface area contributed by atoms with Gasteiger partial charge < -0.3 is 9.42 Å². The highest BCUT2D eigenvalue weighted by Gasteiger charge is 2.14. The molecule has 1 heterocycles. The van der Waals surface area contributed by atoms with E-state index in [1.807, 2.05) is 62.4 Å². The predicted molar refractivity (Wildman–Crippen MR) is 96.3 cm³/mol. The van der Waals surface area contributed by atoms with Gasteiger partial charge in [0.25, 0.3) is 11.8 Å². The fourth-order valence-corrected chi connectivity index (χ4v) is 2.62. The highest BCUT2D eigenvalue weighted by atomic mass is 16.5. The van der Waals surface area contributed by atoms with Crippen LogP contribution < -0.4 is 0 Å². The van der Waals surface area contributed by atoms with Gasteiger partial charge in [0.15, 0.2) is 5.82 Å². The number of carbonyl (C=O) groups is 1. The van der Waals surface area contributed by atoms with Gasteiger partial charge in [0, 0.05) is 31.1 Å². The Morgan fingerprint density at radius 2 is 1.80 bits per heavy atom. The molecular formula is C20H21N3O2. The molecule has 0 spiro atoms. The Hall–Kier alpha value is -2.95. The van der Waals surface area contributed by atoms with Crippen molar-refractivity contribution in [3.05, 3.63) is 71.0 Å². The third-order valence-electron chi connectivity index (χ3n) is 4.02. The smallest absolute Gasteiger partial charge is 0.257 e. The first-order valence-corrected chi connectivity index (χ1v) is 8.24. The van der Waals surface area contributed by atoms with Gasteiger partial charge in [0.2, 0.25) is 0 Å². The summed E-state index contributed by atoms with van der Waals surface area (Å²) in [5.41, 5.74) is 3.81. The van der Waals surface area contributed by atoms with Gasteiger partial charge >= 0.3 is 0 Å². The summed E-state index contributed by atoms with van der Waals surface area (Å²) in [6.45, 7) is 4.52. The van der Waals surface area contributed by atoms with Crippen LogP contribution in [0.25, 0.3) is 11.5 Å². The van der Waals surface area contributed by atoms with Gasteiger partial charge in [-0.05, 0) is 38.1 Å². The Labute approximate surface area is 147 Å². The first-order valence-electron chi connectivity index (χ1n) is 8.24. The molecule has 2 aromatic carbocycles. The molecule has 1 amide bonds. The zero-order valence-electron chi connectivity index (χ0n) is 14.7. The molecular weight excluding hydrogens is 314 g/mol. The molecule has 0 aliphatic rings. The number of benzene rings is 2. The van der Waals surface area contributed by atoms with Crippen molar-refractivity contribution in [2.75, 3.05) is 13.6 Å². The van der Waals surface area contributed by atoms with Crippen molar-refractivity contribution in [2.45, 2.75) is 20.3 Å². The van der Waals surface area contributed by atoms with E-state index in [2.05, 4.69) is 10.1 Å². The lowest BCUT2D eigenvalue weighted by atomic mass is 10.1. The second-order valence-electron chi connectivity index (χ2n) is 6.23. The van der Waals surface area contributed by atoms with E-state index in [9.17, 15) is 4.79 Å². The molecule has 3 rings (SSSR count).